The van der Waals surface area contributed by atoms with Gasteiger partial charge in [-0.2, -0.15) is 0 Å². The average Bonchev–Trinajstić information content (AvgIpc) is 3.42. The summed E-state index contributed by atoms with van der Waals surface area (Å²) in [5.41, 5.74) is 22.2. The van der Waals surface area contributed by atoms with E-state index in [2.05, 4.69) is 15.3 Å². The Morgan fingerprint density at radius 1 is 0.625 bits per heavy atom. The number of likely N-dealkylation sites (N-methyl/N-ethyl adjacent to an activating group) is 1. The van der Waals surface area contributed by atoms with Crippen LogP contribution in [0.2, 0.25) is 0 Å². The van der Waals surface area contributed by atoms with Crippen LogP contribution in [0.15, 0.2) is 33.7 Å². The number of aliphatic carboxylic acids is 2. The SMILES string of the molecule is CCCOCCOCCOCCOCCC(=O)N(CCCCCCN(C)C(=O)OC([C@H](O)CO)[C@@H]1OC(C(=O)O)=C[C@H](N=C(N)N)[C@H]1NC(C)=O)CCOCCN(C)C(=O)O[C@@H]([C@@H]1OC(C(=O)O)=C[C@H](N=C(N)N)[C@H]1C)[C@H](O)CO. The summed E-state index contributed by atoms with van der Waals surface area (Å²) in [6.45, 7) is 6.67. The second-order valence-corrected chi connectivity index (χ2v) is 18.7. The van der Waals surface area contributed by atoms with Crippen molar-refractivity contribution in [2.24, 2.45) is 38.8 Å². The van der Waals surface area contributed by atoms with Gasteiger partial charge in [-0.3, -0.25) is 9.59 Å². The summed E-state index contributed by atoms with van der Waals surface area (Å²) in [5.74, 6) is -6.58. The number of hydrogen-bond donors (Lipinski definition) is 11. The highest BCUT2D eigenvalue weighted by Crippen LogP contribution is 2.31. The quantitative estimate of drug-likeness (QED) is 0.0165. The first kappa shape index (κ1) is 69.8. The number of carbonyl (C=O) groups excluding carboxylic acids is 4. The number of unbranched alkanes of at least 4 members (excludes halogenated alkanes) is 3. The monoisotopic (exact) mass is 1150 g/mol. The minimum atomic E-state index is -1.80. The summed E-state index contributed by atoms with van der Waals surface area (Å²) in [5, 5.41) is 63.1. The van der Waals surface area contributed by atoms with Crippen LogP contribution in [-0.4, -0.2) is 268 Å². The van der Waals surface area contributed by atoms with Gasteiger partial charge in [-0.15, -0.1) is 0 Å². The van der Waals surface area contributed by atoms with E-state index in [1.165, 1.54) is 25.1 Å². The topological polar surface area (TPSA) is 457 Å². The molecule has 458 valence electrons. The molecule has 1 unspecified atom stereocenters. The van der Waals surface area contributed by atoms with Crippen molar-refractivity contribution in [2.45, 2.75) is 114 Å². The molecule has 31 nitrogen and oxygen atoms in total. The Morgan fingerprint density at radius 2 is 1.06 bits per heavy atom. The van der Waals surface area contributed by atoms with Crippen molar-refractivity contribution in [3.63, 3.8) is 0 Å². The molecule has 15 N–H and O–H groups in total. The van der Waals surface area contributed by atoms with E-state index in [0.717, 1.165) is 24.3 Å². The first-order valence-corrected chi connectivity index (χ1v) is 26.3. The highest BCUT2D eigenvalue weighted by Gasteiger charge is 2.47. The van der Waals surface area contributed by atoms with Crippen molar-refractivity contribution < 1.29 is 102 Å². The van der Waals surface area contributed by atoms with Gasteiger partial charge in [0.15, 0.2) is 30.2 Å². The van der Waals surface area contributed by atoms with Crippen molar-refractivity contribution in [1.82, 2.24) is 20.0 Å². The molecule has 0 saturated carbocycles. The predicted molar refractivity (Wildman–Crippen MR) is 283 cm³/mol. The number of nitrogens with one attached hydrogen (secondary N) is 1. The Bertz CT molecular complexity index is 2030. The predicted octanol–water partition coefficient (Wildman–Crippen LogP) is -3.00. The second kappa shape index (κ2) is 38.3. The number of amides is 4. The molecular formula is C49H86N10O21. The zero-order valence-corrected chi connectivity index (χ0v) is 46.3. The number of aliphatic hydroxyl groups is 4. The van der Waals surface area contributed by atoms with E-state index in [-0.39, 0.29) is 64.3 Å². The summed E-state index contributed by atoms with van der Waals surface area (Å²) >= 11 is 0. The van der Waals surface area contributed by atoms with E-state index in [1.54, 1.807) is 11.8 Å². The van der Waals surface area contributed by atoms with Crippen molar-refractivity contribution >= 4 is 47.9 Å². The molecule has 0 aromatic carbocycles. The van der Waals surface area contributed by atoms with E-state index in [9.17, 15) is 59.4 Å². The lowest BCUT2D eigenvalue weighted by molar-refractivity contribution is -0.148. The molecular weight excluding hydrogens is 1060 g/mol. The number of nitrogens with zero attached hydrogens (tertiary/aromatic N) is 5. The fourth-order valence-corrected chi connectivity index (χ4v) is 8.01. The van der Waals surface area contributed by atoms with Gasteiger partial charge < -0.3 is 116 Å². The van der Waals surface area contributed by atoms with Gasteiger partial charge in [-0.25, -0.2) is 29.2 Å². The first-order chi connectivity index (χ1) is 38.1. The van der Waals surface area contributed by atoms with Crippen LogP contribution >= 0.6 is 0 Å². The Balaban J connectivity index is 2.02. The minimum absolute atomic E-state index is 0.0193. The Hall–Kier alpha value is -6.32. The number of carbonyl (C=O) groups is 6. The van der Waals surface area contributed by atoms with E-state index in [0.29, 0.717) is 71.9 Å². The molecule has 10 atom stereocenters. The van der Waals surface area contributed by atoms with Crippen LogP contribution in [0.5, 0.6) is 0 Å². The maximum Gasteiger partial charge on any atom is 0.410 e. The number of rotatable bonds is 40. The highest BCUT2D eigenvalue weighted by molar-refractivity contribution is 5.86. The van der Waals surface area contributed by atoms with Gasteiger partial charge in [0.1, 0.15) is 18.3 Å². The van der Waals surface area contributed by atoms with Crippen LogP contribution in [0.1, 0.15) is 59.3 Å². The number of carboxylic acid groups (broad SMARTS) is 2. The Labute approximate surface area is 465 Å². The molecule has 2 aliphatic rings. The maximum absolute atomic E-state index is 13.5. The lowest BCUT2D eigenvalue weighted by Crippen LogP contribution is -2.61. The second-order valence-electron chi connectivity index (χ2n) is 18.7. The summed E-state index contributed by atoms with van der Waals surface area (Å²) in [7, 11) is 2.81. The molecule has 0 aliphatic carbocycles. The number of aliphatic imine (C=N–C) groups is 2. The van der Waals surface area contributed by atoms with E-state index in [1.807, 2.05) is 6.92 Å². The zero-order chi connectivity index (χ0) is 59.7. The van der Waals surface area contributed by atoms with Gasteiger partial charge in [-0.05, 0) is 31.4 Å². The van der Waals surface area contributed by atoms with Gasteiger partial charge in [0.2, 0.25) is 23.3 Å². The molecule has 0 aromatic heterocycles. The van der Waals surface area contributed by atoms with Crippen molar-refractivity contribution in [2.75, 3.05) is 120 Å². The zero-order valence-electron chi connectivity index (χ0n) is 46.3. The van der Waals surface area contributed by atoms with Crippen LogP contribution in [0, 0.1) is 5.92 Å². The first-order valence-electron chi connectivity index (χ1n) is 26.3. The molecule has 0 aromatic rings. The molecule has 31 heteroatoms. The van der Waals surface area contributed by atoms with E-state index in [4.69, 9.17) is 65.6 Å². The van der Waals surface area contributed by atoms with Gasteiger partial charge >= 0.3 is 24.1 Å². The number of guanidine groups is 2. The van der Waals surface area contributed by atoms with Crippen molar-refractivity contribution in [1.29, 1.82) is 0 Å². The third-order valence-electron chi connectivity index (χ3n) is 12.2. The Morgan fingerprint density at radius 3 is 1.56 bits per heavy atom. The summed E-state index contributed by atoms with van der Waals surface area (Å²) in [4.78, 5) is 88.2. The summed E-state index contributed by atoms with van der Waals surface area (Å²) < 4.78 is 50.2. The molecule has 2 heterocycles. The molecule has 0 bridgehead atoms. The lowest BCUT2D eigenvalue weighted by Gasteiger charge is -2.40. The molecule has 0 spiro atoms. The normalized spacial score (nSPS) is 20.2. The van der Waals surface area contributed by atoms with Crippen LogP contribution in [0.4, 0.5) is 9.59 Å². The van der Waals surface area contributed by atoms with Gasteiger partial charge in [-0.1, -0.05) is 26.7 Å². The number of nitrogens with two attached hydrogens (primary N) is 4. The van der Waals surface area contributed by atoms with Gasteiger partial charge in [0, 0.05) is 59.7 Å². The van der Waals surface area contributed by atoms with Crippen LogP contribution in [-0.2, 0) is 61.8 Å². The van der Waals surface area contributed by atoms with Crippen molar-refractivity contribution in [3.05, 3.63) is 23.7 Å². The van der Waals surface area contributed by atoms with E-state index < -0.39 is 121 Å². The fourth-order valence-electron chi connectivity index (χ4n) is 8.01. The standard InChI is InChI=1S/C49H86N10O21/c1-6-16-72-20-22-75-24-25-76-23-21-73-17-11-38(65)59(15-19-74-18-14-58(5)49(71)79-41(34(63)28-60)40-30(2)32(55-46(50)51)26-36(77-40)44(66)67)13-10-8-7-9-12-57(4)48(70)80-42(35(64)29-61)43-39(54-31(3)62)33(56-47(52)53)27-37(78-43)45(68)69/h26-27,30,32-35,39-43,60-61,63-64H,6-25,28-29H2,1-5H3,(H,54,62)(H,66,67)(H,68,69)(H4,50,51,55)(H4,52,53,56)/t30-,32+,33+,34-,35-,39-,40-,41-,42?,43-/m1/s1. The molecule has 0 fully saturated rings. The Kier molecular flexibility index (Phi) is 33.5. The maximum atomic E-state index is 13.5. The van der Waals surface area contributed by atoms with E-state index >= 15 is 0 Å². The summed E-state index contributed by atoms with van der Waals surface area (Å²) in [6.07, 6.45) is -6.17. The third-order valence-corrected chi connectivity index (χ3v) is 12.2. The molecule has 4 amide bonds. The molecule has 0 radical (unpaired) electrons. The minimum Gasteiger partial charge on any atom is -0.479 e. The average molecular weight is 1150 g/mol. The lowest BCUT2D eigenvalue weighted by atomic mass is 9.87. The fraction of sp³-hybridized carbons (Fsp3) is 0.755. The van der Waals surface area contributed by atoms with Crippen molar-refractivity contribution in [3.8, 4) is 0 Å². The van der Waals surface area contributed by atoms with Crippen LogP contribution in [0.3, 0.4) is 0 Å². The number of carboxylic acids is 2. The number of ether oxygens (including phenoxy) is 9. The van der Waals surface area contributed by atoms with Crippen LogP contribution < -0.4 is 28.3 Å². The van der Waals surface area contributed by atoms with Gasteiger partial charge in [0.25, 0.3) is 0 Å². The molecule has 80 heavy (non-hydrogen) atoms. The summed E-state index contributed by atoms with van der Waals surface area (Å²) in [6, 6.07) is -3.41. The highest BCUT2D eigenvalue weighted by atomic mass is 16.6. The van der Waals surface area contributed by atoms with Crippen LogP contribution in [0.25, 0.3) is 0 Å². The largest absolute Gasteiger partial charge is 0.479 e. The molecule has 2 aliphatic heterocycles. The number of aliphatic hydroxyl groups excluding tert-OH is 4. The number of hydrogen-bond acceptors (Lipinski definition) is 21. The smallest absolute Gasteiger partial charge is 0.410 e. The third kappa shape index (κ3) is 25.9. The molecule has 2 rings (SSSR count). The molecule has 0 saturated heterocycles. The van der Waals surface area contributed by atoms with Gasteiger partial charge in [0.05, 0.1) is 97.2 Å².